The molecule has 10 heteroatoms. The molecule has 0 aromatic heterocycles. The van der Waals surface area contributed by atoms with Crippen LogP contribution in [0.25, 0.3) is 0 Å². The molecule has 2 aromatic rings. The van der Waals surface area contributed by atoms with Gasteiger partial charge in [0, 0.05) is 49.9 Å². The molecule has 1 atom stereocenters. The van der Waals surface area contributed by atoms with Crippen LogP contribution in [0.15, 0.2) is 47.4 Å². The first-order valence-corrected chi connectivity index (χ1v) is 12.6. The molecule has 1 amide bonds. The molecule has 172 valence electrons. The van der Waals surface area contributed by atoms with E-state index in [1.165, 1.54) is 24.3 Å². The minimum absolute atomic E-state index is 0.0296. The molecule has 3 N–H and O–H groups in total. The number of carbonyl (C=O) groups excluding carboxylic acids is 1. The van der Waals surface area contributed by atoms with Crippen LogP contribution in [-0.4, -0.2) is 59.8 Å². The molecule has 8 nitrogen and oxygen atoms in total. The van der Waals surface area contributed by atoms with Crippen molar-refractivity contribution in [2.24, 2.45) is 0 Å². The highest BCUT2D eigenvalue weighted by Gasteiger charge is 2.22. The molecule has 2 aromatic carbocycles. The number of piperazine rings is 1. The fourth-order valence-corrected chi connectivity index (χ4v) is 5.06. The molecule has 32 heavy (non-hydrogen) atoms. The topological polar surface area (TPSA) is 99.8 Å². The Bertz CT molecular complexity index is 1050. The van der Waals surface area contributed by atoms with Gasteiger partial charge in [-0.15, -0.1) is 0 Å². The Hall–Kier alpha value is -2.33. The van der Waals surface area contributed by atoms with Crippen molar-refractivity contribution in [2.75, 3.05) is 49.0 Å². The van der Waals surface area contributed by atoms with Gasteiger partial charge in [0.1, 0.15) is 0 Å². The van der Waals surface area contributed by atoms with Crippen LogP contribution in [-0.2, 0) is 14.8 Å². The van der Waals surface area contributed by atoms with Crippen molar-refractivity contribution in [3.8, 4) is 0 Å². The Labute approximate surface area is 193 Å². The fourth-order valence-electron chi connectivity index (χ4n) is 3.87. The Morgan fingerprint density at radius 3 is 2.59 bits per heavy atom. The van der Waals surface area contributed by atoms with E-state index in [-0.39, 0.29) is 16.9 Å². The van der Waals surface area contributed by atoms with Crippen LogP contribution in [0.3, 0.4) is 0 Å². The van der Waals surface area contributed by atoms with Gasteiger partial charge in [-0.3, -0.25) is 9.52 Å². The second-order valence-corrected chi connectivity index (χ2v) is 9.99. The number of anilines is 2. The molecular weight excluding hydrogens is 452 g/mol. The molecule has 2 fully saturated rings. The molecule has 2 saturated heterocycles. The summed E-state index contributed by atoms with van der Waals surface area (Å²) in [6, 6.07) is 11.1. The van der Waals surface area contributed by atoms with Crippen molar-refractivity contribution in [1.29, 1.82) is 0 Å². The summed E-state index contributed by atoms with van der Waals surface area (Å²) in [5, 5.41) is 6.63. The van der Waals surface area contributed by atoms with Gasteiger partial charge in [-0.1, -0.05) is 11.6 Å². The Balaban J connectivity index is 1.59. The molecule has 2 aliphatic heterocycles. The zero-order valence-corrected chi connectivity index (χ0v) is 19.2. The van der Waals surface area contributed by atoms with Crippen LogP contribution >= 0.6 is 11.6 Å². The normalized spacial score (nSPS) is 19.0. The van der Waals surface area contributed by atoms with E-state index in [2.05, 4.69) is 20.3 Å². The number of carbonyl (C=O) groups is 1. The lowest BCUT2D eigenvalue weighted by Crippen LogP contribution is -2.43. The van der Waals surface area contributed by atoms with Crippen molar-refractivity contribution in [1.82, 2.24) is 10.6 Å². The lowest BCUT2D eigenvalue weighted by atomic mass is 10.1. The van der Waals surface area contributed by atoms with Gasteiger partial charge >= 0.3 is 0 Å². The van der Waals surface area contributed by atoms with Crippen molar-refractivity contribution < 1.29 is 17.9 Å². The SMILES string of the molecule is O=C(NC[C@H]1CCCO1)c1ccc(N2CCNCC2)c(NS(=O)(=O)c2ccc(Cl)cc2)c1. The Morgan fingerprint density at radius 2 is 1.91 bits per heavy atom. The van der Waals surface area contributed by atoms with Crippen LogP contribution in [0.5, 0.6) is 0 Å². The molecular formula is C22H27ClN4O4S. The highest BCUT2D eigenvalue weighted by Crippen LogP contribution is 2.30. The zero-order chi connectivity index (χ0) is 22.6. The zero-order valence-electron chi connectivity index (χ0n) is 17.6. The third kappa shape index (κ3) is 5.53. The second kappa shape index (κ2) is 10.1. The lowest BCUT2D eigenvalue weighted by molar-refractivity contribution is 0.0858. The van der Waals surface area contributed by atoms with Gasteiger partial charge < -0.3 is 20.3 Å². The van der Waals surface area contributed by atoms with Crippen molar-refractivity contribution >= 4 is 38.9 Å². The second-order valence-electron chi connectivity index (χ2n) is 7.87. The minimum Gasteiger partial charge on any atom is -0.376 e. The molecule has 0 radical (unpaired) electrons. The van der Waals surface area contributed by atoms with Crippen molar-refractivity contribution in [3.63, 3.8) is 0 Å². The Kier molecular flexibility index (Phi) is 7.20. The number of halogens is 1. The number of nitrogens with zero attached hydrogens (tertiary/aromatic N) is 1. The van der Waals surface area contributed by atoms with Crippen LogP contribution in [0.2, 0.25) is 5.02 Å². The van der Waals surface area contributed by atoms with E-state index in [4.69, 9.17) is 16.3 Å². The molecule has 0 spiro atoms. The van der Waals surface area contributed by atoms with E-state index in [9.17, 15) is 13.2 Å². The number of amides is 1. The molecule has 0 saturated carbocycles. The van der Waals surface area contributed by atoms with Crippen LogP contribution in [0.4, 0.5) is 11.4 Å². The van der Waals surface area contributed by atoms with Crippen molar-refractivity contribution in [2.45, 2.75) is 23.8 Å². The van der Waals surface area contributed by atoms with Gasteiger partial charge in [0.2, 0.25) is 0 Å². The summed E-state index contributed by atoms with van der Waals surface area (Å²) in [6.45, 7) is 4.22. The first-order valence-electron chi connectivity index (χ1n) is 10.7. The van der Waals surface area contributed by atoms with Gasteiger partial charge in [0.05, 0.1) is 22.4 Å². The lowest BCUT2D eigenvalue weighted by Gasteiger charge is -2.31. The van der Waals surface area contributed by atoms with Crippen LogP contribution < -0.4 is 20.3 Å². The van der Waals surface area contributed by atoms with Crippen LogP contribution in [0, 0.1) is 0 Å². The quantitative estimate of drug-likeness (QED) is 0.565. The maximum absolute atomic E-state index is 13.0. The van der Waals surface area contributed by atoms with E-state index in [0.717, 1.165) is 51.3 Å². The number of hydrogen-bond acceptors (Lipinski definition) is 6. The number of ether oxygens (including phenoxy) is 1. The summed E-state index contributed by atoms with van der Waals surface area (Å²) in [5.74, 6) is -0.265. The highest BCUT2D eigenvalue weighted by molar-refractivity contribution is 7.92. The summed E-state index contributed by atoms with van der Waals surface area (Å²) in [6.07, 6.45) is 1.95. The maximum Gasteiger partial charge on any atom is 0.261 e. The van der Waals surface area contributed by atoms with E-state index >= 15 is 0 Å². The molecule has 2 aliphatic rings. The third-order valence-corrected chi connectivity index (χ3v) is 7.23. The number of nitrogens with one attached hydrogen (secondary N) is 3. The van der Waals surface area contributed by atoms with E-state index < -0.39 is 10.0 Å². The summed E-state index contributed by atoms with van der Waals surface area (Å²) < 4.78 is 34.3. The number of benzene rings is 2. The first-order chi connectivity index (χ1) is 15.4. The summed E-state index contributed by atoms with van der Waals surface area (Å²) >= 11 is 5.90. The number of hydrogen-bond donors (Lipinski definition) is 3. The van der Waals surface area contributed by atoms with Gasteiger partial charge in [-0.25, -0.2) is 8.42 Å². The molecule has 0 bridgehead atoms. The first kappa shape index (κ1) is 22.8. The summed E-state index contributed by atoms with van der Waals surface area (Å²) in [7, 11) is -3.86. The number of rotatable bonds is 7. The van der Waals surface area contributed by atoms with Gasteiger partial charge in [0.25, 0.3) is 15.9 Å². The largest absolute Gasteiger partial charge is 0.376 e. The van der Waals surface area contributed by atoms with Gasteiger partial charge in [0.15, 0.2) is 0 Å². The number of sulfonamides is 1. The highest BCUT2D eigenvalue weighted by atomic mass is 35.5. The average molecular weight is 479 g/mol. The van der Waals surface area contributed by atoms with Gasteiger partial charge in [-0.05, 0) is 55.3 Å². The minimum atomic E-state index is -3.86. The molecule has 0 unspecified atom stereocenters. The van der Waals surface area contributed by atoms with Crippen LogP contribution in [0.1, 0.15) is 23.2 Å². The molecule has 4 rings (SSSR count). The maximum atomic E-state index is 13.0. The monoisotopic (exact) mass is 478 g/mol. The van der Waals surface area contributed by atoms with Gasteiger partial charge in [-0.2, -0.15) is 0 Å². The predicted molar refractivity (Wildman–Crippen MR) is 125 cm³/mol. The summed E-state index contributed by atoms with van der Waals surface area (Å²) in [4.78, 5) is 14.9. The van der Waals surface area contributed by atoms with E-state index in [1.54, 1.807) is 18.2 Å². The molecule has 2 heterocycles. The molecule has 0 aliphatic carbocycles. The third-order valence-electron chi connectivity index (χ3n) is 5.60. The van der Waals surface area contributed by atoms with E-state index in [1.807, 2.05) is 0 Å². The van der Waals surface area contributed by atoms with E-state index in [0.29, 0.717) is 22.8 Å². The standard InChI is InChI=1S/C22H27ClN4O4S/c23-17-4-6-19(7-5-17)32(29,30)26-20-14-16(22(28)25-15-18-2-1-13-31-18)3-8-21(20)27-11-9-24-10-12-27/h3-8,14,18,24,26H,1-2,9-13,15H2,(H,25,28)/t18-/m1/s1. The smallest absolute Gasteiger partial charge is 0.261 e. The summed E-state index contributed by atoms with van der Waals surface area (Å²) in [5.41, 5.74) is 1.49. The average Bonchev–Trinajstić information content (AvgIpc) is 3.32. The van der Waals surface area contributed by atoms with Crippen molar-refractivity contribution in [3.05, 3.63) is 53.1 Å². The predicted octanol–water partition coefficient (Wildman–Crippen LogP) is 2.46. The fraction of sp³-hybridized carbons (Fsp3) is 0.409. The Morgan fingerprint density at radius 1 is 1.16 bits per heavy atom.